The van der Waals surface area contributed by atoms with Gasteiger partial charge in [-0.2, -0.15) is 10.5 Å². The Labute approximate surface area is 85.2 Å². The van der Waals surface area contributed by atoms with E-state index in [1.165, 1.54) is 5.57 Å². The van der Waals surface area contributed by atoms with E-state index in [0.717, 1.165) is 24.0 Å². The number of allylic oxidation sites excluding steroid dienone is 4. The van der Waals surface area contributed by atoms with Crippen LogP contribution in [0, 0.1) is 28.6 Å². The maximum absolute atomic E-state index is 8.78. The smallest absolute Gasteiger partial charge is 0.133 e. The molecule has 0 aliphatic heterocycles. The van der Waals surface area contributed by atoms with Crippen molar-refractivity contribution in [2.45, 2.75) is 33.6 Å². The van der Waals surface area contributed by atoms with Crippen LogP contribution in [-0.4, -0.2) is 0 Å². The van der Waals surface area contributed by atoms with E-state index in [2.05, 4.69) is 13.8 Å². The third kappa shape index (κ3) is 1.70. The molecule has 0 saturated carbocycles. The fraction of sp³-hybridized carbons (Fsp3) is 0.500. The Kier molecular flexibility index (Phi) is 3.10. The van der Waals surface area contributed by atoms with Crippen molar-refractivity contribution in [2.24, 2.45) is 5.92 Å². The summed E-state index contributed by atoms with van der Waals surface area (Å²) in [6.07, 6.45) is 1.86. The molecule has 0 saturated heterocycles. The molecule has 0 spiro atoms. The molecule has 0 bridgehead atoms. The van der Waals surface area contributed by atoms with Gasteiger partial charge in [0.15, 0.2) is 0 Å². The van der Waals surface area contributed by atoms with Crippen molar-refractivity contribution in [1.82, 2.24) is 0 Å². The molecule has 0 unspecified atom stereocenters. The molecule has 1 aliphatic rings. The lowest BCUT2D eigenvalue weighted by Gasteiger charge is -2.06. The molecule has 2 heteroatoms. The number of hydrogen-bond acceptors (Lipinski definition) is 2. The molecule has 0 aromatic heterocycles. The van der Waals surface area contributed by atoms with Gasteiger partial charge in [-0.15, -0.1) is 0 Å². The Morgan fingerprint density at radius 2 is 1.79 bits per heavy atom. The van der Waals surface area contributed by atoms with Crippen LogP contribution in [0.5, 0.6) is 0 Å². The van der Waals surface area contributed by atoms with Gasteiger partial charge in [0.2, 0.25) is 0 Å². The van der Waals surface area contributed by atoms with Gasteiger partial charge < -0.3 is 0 Å². The van der Waals surface area contributed by atoms with Gasteiger partial charge in [-0.25, -0.2) is 0 Å². The highest BCUT2D eigenvalue weighted by molar-refractivity contribution is 5.52. The lowest BCUT2D eigenvalue weighted by molar-refractivity contribution is 0.727. The summed E-state index contributed by atoms with van der Waals surface area (Å²) in [5.74, 6) is 0.520. The Balaban J connectivity index is 3.19. The third-order valence-electron chi connectivity index (χ3n) is 2.80. The highest BCUT2D eigenvalue weighted by atomic mass is 14.3. The van der Waals surface area contributed by atoms with Crippen LogP contribution in [0.1, 0.15) is 33.6 Å². The average Bonchev–Trinajstić information content (AvgIpc) is 2.51. The molecule has 2 nitrogen and oxygen atoms in total. The molecular weight excluding hydrogens is 172 g/mol. The van der Waals surface area contributed by atoms with Crippen LogP contribution in [0.2, 0.25) is 0 Å². The quantitative estimate of drug-likeness (QED) is 0.591. The second kappa shape index (κ2) is 4.11. The summed E-state index contributed by atoms with van der Waals surface area (Å²) in [7, 11) is 0. The third-order valence-corrected chi connectivity index (χ3v) is 2.80. The van der Waals surface area contributed by atoms with E-state index < -0.39 is 0 Å². The molecular formula is C12H14N2. The Morgan fingerprint density at radius 1 is 1.21 bits per heavy atom. The van der Waals surface area contributed by atoms with Gasteiger partial charge in [0.05, 0.1) is 0 Å². The molecule has 0 amide bonds. The summed E-state index contributed by atoms with van der Waals surface area (Å²) in [5, 5.41) is 17.6. The minimum Gasteiger partial charge on any atom is -0.192 e. The molecule has 0 radical (unpaired) electrons. The van der Waals surface area contributed by atoms with Crippen LogP contribution >= 0.6 is 0 Å². The van der Waals surface area contributed by atoms with Gasteiger partial charge in [-0.1, -0.05) is 19.4 Å². The molecule has 14 heavy (non-hydrogen) atoms. The van der Waals surface area contributed by atoms with Crippen LogP contribution in [-0.2, 0) is 0 Å². The van der Waals surface area contributed by atoms with Crippen LogP contribution in [0.15, 0.2) is 22.3 Å². The first-order valence-electron chi connectivity index (χ1n) is 4.85. The first kappa shape index (κ1) is 10.5. The van der Waals surface area contributed by atoms with Crippen LogP contribution in [0.4, 0.5) is 0 Å². The predicted octanol–water partition coefficient (Wildman–Crippen LogP) is 3.10. The molecule has 1 rings (SSSR count). The fourth-order valence-electron chi connectivity index (χ4n) is 2.02. The van der Waals surface area contributed by atoms with E-state index in [9.17, 15) is 0 Å². The Hall–Kier alpha value is -1.54. The van der Waals surface area contributed by atoms with Gasteiger partial charge >= 0.3 is 0 Å². The van der Waals surface area contributed by atoms with E-state index >= 15 is 0 Å². The summed E-state index contributed by atoms with van der Waals surface area (Å²) in [4.78, 5) is 0. The molecule has 0 aromatic rings. The van der Waals surface area contributed by atoms with Gasteiger partial charge in [0.1, 0.15) is 17.7 Å². The topological polar surface area (TPSA) is 47.6 Å². The maximum Gasteiger partial charge on any atom is 0.133 e. The standard InChI is InChI=1S/C12H14N2/c1-8(2)11-4-5-12(9(11)3)10(6-13)7-14/h8H,4-5H2,1-3H3. The van der Waals surface area contributed by atoms with Crippen molar-refractivity contribution in [3.8, 4) is 12.1 Å². The molecule has 0 N–H and O–H groups in total. The molecule has 0 atom stereocenters. The largest absolute Gasteiger partial charge is 0.192 e. The van der Waals surface area contributed by atoms with Crippen LogP contribution < -0.4 is 0 Å². The van der Waals surface area contributed by atoms with Gasteiger partial charge in [0, 0.05) is 0 Å². The normalized spacial score (nSPS) is 15.7. The molecule has 1 aliphatic carbocycles. The summed E-state index contributed by atoms with van der Waals surface area (Å²) in [5.41, 5.74) is 3.80. The lowest BCUT2D eigenvalue weighted by Crippen LogP contribution is -1.92. The van der Waals surface area contributed by atoms with Gasteiger partial charge in [0.25, 0.3) is 0 Å². The van der Waals surface area contributed by atoms with Crippen molar-refractivity contribution < 1.29 is 0 Å². The number of rotatable bonds is 1. The van der Waals surface area contributed by atoms with Crippen molar-refractivity contribution in [3.63, 3.8) is 0 Å². The van der Waals surface area contributed by atoms with Crippen molar-refractivity contribution in [2.75, 3.05) is 0 Å². The van der Waals surface area contributed by atoms with Gasteiger partial charge in [-0.05, 0) is 36.8 Å². The monoisotopic (exact) mass is 186 g/mol. The first-order valence-corrected chi connectivity index (χ1v) is 4.85. The zero-order chi connectivity index (χ0) is 10.7. The fourth-order valence-corrected chi connectivity index (χ4v) is 2.02. The Bertz CT molecular complexity index is 368. The van der Waals surface area contributed by atoms with Crippen molar-refractivity contribution >= 4 is 0 Å². The Morgan fingerprint density at radius 3 is 2.14 bits per heavy atom. The zero-order valence-corrected chi connectivity index (χ0v) is 8.89. The highest BCUT2D eigenvalue weighted by Crippen LogP contribution is 2.36. The van der Waals surface area contributed by atoms with Crippen LogP contribution in [0.3, 0.4) is 0 Å². The van der Waals surface area contributed by atoms with E-state index in [4.69, 9.17) is 10.5 Å². The number of nitriles is 2. The minimum atomic E-state index is 0.290. The van der Waals surface area contributed by atoms with Crippen LogP contribution in [0.25, 0.3) is 0 Å². The highest BCUT2D eigenvalue weighted by Gasteiger charge is 2.21. The summed E-state index contributed by atoms with van der Waals surface area (Å²) < 4.78 is 0. The second-order valence-electron chi connectivity index (χ2n) is 3.88. The van der Waals surface area contributed by atoms with Gasteiger partial charge in [-0.3, -0.25) is 0 Å². The SMILES string of the molecule is CC1=C(C(C)C)CCC1=C(C#N)C#N. The minimum absolute atomic E-state index is 0.290. The van der Waals surface area contributed by atoms with Crippen molar-refractivity contribution in [1.29, 1.82) is 10.5 Å². The van der Waals surface area contributed by atoms with E-state index in [1.54, 1.807) is 0 Å². The predicted molar refractivity (Wildman–Crippen MR) is 55.0 cm³/mol. The lowest BCUT2D eigenvalue weighted by atomic mass is 9.99. The maximum atomic E-state index is 8.78. The summed E-state index contributed by atoms with van der Waals surface area (Å²) in [6, 6.07) is 3.94. The van der Waals surface area contributed by atoms with E-state index in [1.807, 2.05) is 19.1 Å². The molecule has 72 valence electrons. The van der Waals surface area contributed by atoms with Crippen molar-refractivity contribution in [3.05, 3.63) is 22.3 Å². The first-order chi connectivity index (χ1) is 6.61. The summed E-state index contributed by atoms with van der Waals surface area (Å²) >= 11 is 0. The number of hydrogen-bond donors (Lipinski definition) is 0. The second-order valence-corrected chi connectivity index (χ2v) is 3.88. The molecule has 0 heterocycles. The average molecular weight is 186 g/mol. The van der Waals surface area contributed by atoms with E-state index in [-0.39, 0.29) is 5.57 Å². The number of nitrogens with zero attached hydrogens (tertiary/aromatic N) is 2. The molecule has 0 aromatic carbocycles. The zero-order valence-electron chi connectivity index (χ0n) is 8.89. The van der Waals surface area contributed by atoms with E-state index in [0.29, 0.717) is 5.92 Å². The molecule has 0 fully saturated rings. The summed E-state index contributed by atoms with van der Waals surface area (Å²) in [6.45, 7) is 6.33.